The molecule has 0 aliphatic heterocycles. The molecule has 1 unspecified atom stereocenters. The lowest BCUT2D eigenvalue weighted by Gasteiger charge is -2.04. The van der Waals surface area contributed by atoms with Crippen LogP contribution in [0.5, 0.6) is 5.75 Å². The molecule has 1 nitrogen and oxygen atoms in total. The molecular weight excluding hydrogens is 366 g/mol. The predicted octanol–water partition coefficient (Wildman–Crippen LogP) is 3.30. The van der Waals surface area contributed by atoms with Gasteiger partial charge in [0.2, 0.25) is 0 Å². The van der Waals surface area contributed by atoms with Crippen LogP contribution in [0.1, 0.15) is 9.49 Å². The number of phenols is 1. The van der Waals surface area contributed by atoms with Crippen LogP contribution >= 0.6 is 45.2 Å². The molecule has 0 saturated carbocycles. The fourth-order valence-corrected chi connectivity index (χ4v) is 1.70. The topological polar surface area (TPSA) is 20.2 Å². The van der Waals surface area contributed by atoms with Crippen molar-refractivity contribution in [3.05, 3.63) is 29.8 Å². The summed E-state index contributed by atoms with van der Waals surface area (Å²) >= 11 is 4.75. The van der Waals surface area contributed by atoms with E-state index in [4.69, 9.17) is 5.11 Å². The number of hydrogen-bond donors (Lipinski definition) is 1. The number of rotatable bonds is 2. The molecule has 3 heteroatoms. The molecule has 1 rings (SSSR count). The van der Waals surface area contributed by atoms with Crippen LogP contribution in [0.15, 0.2) is 24.3 Å². The van der Waals surface area contributed by atoms with Crippen LogP contribution in [-0.2, 0) is 0 Å². The first-order chi connectivity index (χ1) is 5.24. The Balaban J connectivity index is 2.81. The first-order valence-corrected chi connectivity index (χ1v) is 6.00. The monoisotopic (exact) mass is 374 g/mol. The minimum atomic E-state index is 0.339. The van der Waals surface area contributed by atoms with Gasteiger partial charge in [0.15, 0.2) is 0 Å². The van der Waals surface area contributed by atoms with Crippen LogP contribution in [0.4, 0.5) is 0 Å². The normalized spacial score (nSPS) is 12.9. The molecule has 1 N–H and O–H groups in total. The van der Waals surface area contributed by atoms with Crippen molar-refractivity contribution in [2.75, 3.05) is 4.43 Å². The van der Waals surface area contributed by atoms with Gasteiger partial charge in [0.05, 0.1) is 0 Å². The van der Waals surface area contributed by atoms with Gasteiger partial charge < -0.3 is 5.11 Å². The van der Waals surface area contributed by atoms with Crippen LogP contribution in [-0.4, -0.2) is 9.53 Å². The van der Waals surface area contributed by atoms with E-state index in [2.05, 4.69) is 45.2 Å². The second-order valence-electron chi connectivity index (χ2n) is 2.21. The predicted molar refractivity (Wildman–Crippen MR) is 63.8 cm³/mol. The summed E-state index contributed by atoms with van der Waals surface area (Å²) in [5.41, 5.74) is 1.28. The average Bonchev–Trinajstić information content (AvgIpc) is 2.05. The zero-order valence-corrected chi connectivity index (χ0v) is 10.1. The van der Waals surface area contributed by atoms with E-state index in [9.17, 15) is 0 Å². The third kappa shape index (κ3) is 2.77. The number of alkyl halides is 2. The van der Waals surface area contributed by atoms with E-state index < -0.39 is 0 Å². The minimum Gasteiger partial charge on any atom is -0.508 e. The lowest BCUT2D eigenvalue weighted by molar-refractivity contribution is 0.475. The molecule has 1 atom stereocenters. The summed E-state index contributed by atoms with van der Waals surface area (Å²) in [6.07, 6.45) is 0. The Hall–Kier alpha value is 0.480. The molecule has 1 aromatic rings. The van der Waals surface area contributed by atoms with E-state index in [-0.39, 0.29) is 0 Å². The molecular formula is C8H8I2O. The molecule has 0 bridgehead atoms. The van der Waals surface area contributed by atoms with Gasteiger partial charge in [-0.05, 0) is 17.7 Å². The number of hydrogen-bond acceptors (Lipinski definition) is 1. The number of aromatic hydroxyl groups is 1. The quantitative estimate of drug-likeness (QED) is 0.623. The highest BCUT2D eigenvalue weighted by molar-refractivity contribution is 14.1. The van der Waals surface area contributed by atoms with Gasteiger partial charge in [-0.3, -0.25) is 0 Å². The van der Waals surface area contributed by atoms with Gasteiger partial charge in [0.1, 0.15) is 5.75 Å². The van der Waals surface area contributed by atoms with E-state index in [1.54, 1.807) is 12.1 Å². The van der Waals surface area contributed by atoms with Gasteiger partial charge in [-0.2, -0.15) is 0 Å². The van der Waals surface area contributed by atoms with Crippen molar-refractivity contribution < 1.29 is 5.11 Å². The van der Waals surface area contributed by atoms with Crippen molar-refractivity contribution >= 4 is 45.2 Å². The van der Waals surface area contributed by atoms with Crippen LogP contribution in [0, 0.1) is 0 Å². The Kier molecular flexibility index (Phi) is 3.91. The molecule has 11 heavy (non-hydrogen) atoms. The Morgan fingerprint density at radius 3 is 2.27 bits per heavy atom. The standard InChI is InChI=1S/C8H8I2O/c9-5-8(10)6-1-3-7(11)4-2-6/h1-4,8,11H,5H2. The fraction of sp³-hybridized carbons (Fsp3) is 0.250. The maximum Gasteiger partial charge on any atom is 0.115 e. The highest BCUT2D eigenvalue weighted by Gasteiger charge is 2.03. The van der Waals surface area contributed by atoms with Gasteiger partial charge in [0, 0.05) is 8.35 Å². The van der Waals surface area contributed by atoms with Crippen molar-refractivity contribution in [3.8, 4) is 5.75 Å². The summed E-state index contributed by atoms with van der Waals surface area (Å²) < 4.78 is 1.65. The molecule has 0 spiro atoms. The lowest BCUT2D eigenvalue weighted by atomic mass is 10.2. The summed E-state index contributed by atoms with van der Waals surface area (Å²) in [6.45, 7) is 0. The molecule has 60 valence electrons. The van der Waals surface area contributed by atoms with Crippen LogP contribution in [0.3, 0.4) is 0 Å². The van der Waals surface area contributed by atoms with E-state index in [1.807, 2.05) is 12.1 Å². The van der Waals surface area contributed by atoms with Gasteiger partial charge in [-0.1, -0.05) is 57.3 Å². The maximum absolute atomic E-state index is 9.01. The van der Waals surface area contributed by atoms with Crippen molar-refractivity contribution in [1.29, 1.82) is 0 Å². The summed E-state index contributed by atoms with van der Waals surface area (Å²) in [5.74, 6) is 0.339. The van der Waals surface area contributed by atoms with Gasteiger partial charge >= 0.3 is 0 Å². The first kappa shape index (κ1) is 9.57. The van der Waals surface area contributed by atoms with Crippen molar-refractivity contribution in [2.45, 2.75) is 3.92 Å². The third-order valence-electron chi connectivity index (χ3n) is 1.39. The molecule has 0 radical (unpaired) electrons. The molecule has 0 amide bonds. The van der Waals surface area contributed by atoms with Crippen LogP contribution < -0.4 is 0 Å². The van der Waals surface area contributed by atoms with E-state index >= 15 is 0 Å². The summed E-state index contributed by atoms with van der Waals surface area (Å²) in [6, 6.07) is 7.39. The van der Waals surface area contributed by atoms with Crippen molar-refractivity contribution in [3.63, 3.8) is 0 Å². The first-order valence-electron chi connectivity index (χ1n) is 3.23. The second kappa shape index (κ2) is 4.49. The summed E-state index contributed by atoms with van der Waals surface area (Å²) in [4.78, 5) is 0. The Morgan fingerprint density at radius 1 is 1.27 bits per heavy atom. The Morgan fingerprint density at radius 2 is 1.82 bits per heavy atom. The van der Waals surface area contributed by atoms with Crippen LogP contribution in [0.2, 0.25) is 0 Å². The van der Waals surface area contributed by atoms with Crippen molar-refractivity contribution in [1.82, 2.24) is 0 Å². The fourth-order valence-electron chi connectivity index (χ4n) is 0.772. The van der Waals surface area contributed by atoms with Crippen molar-refractivity contribution in [2.24, 2.45) is 0 Å². The average molecular weight is 374 g/mol. The Labute approximate surface area is 93.5 Å². The van der Waals surface area contributed by atoms with Gasteiger partial charge in [0.25, 0.3) is 0 Å². The zero-order valence-electron chi connectivity index (χ0n) is 5.80. The maximum atomic E-state index is 9.01. The van der Waals surface area contributed by atoms with Gasteiger partial charge in [-0.25, -0.2) is 0 Å². The van der Waals surface area contributed by atoms with Crippen LogP contribution in [0.25, 0.3) is 0 Å². The van der Waals surface area contributed by atoms with E-state index in [1.165, 1.54) is 5.56 Å². The number of benzene rings is 1. The number of halogens is 2. The zero-order chi connectivity index (χ0) is 8.27. The summed E-state index contributed by atoms with van der Waals surface area (Å²) in [7, 11) is 0. The third-order valence-corrected chi connectivity index (χ3v) is 5.12. The second-order valence-corrected chi connectivity index (χ2v) is 4.60. The summed E-state index contributed by atoms with van der Waals surface area (Å²) in [5, 5.41) is 9.01. The smallest absolute Gasteiger partial charge is 0.115 e. The van der Waals surface area contributed by atoms with Gasteiger partial charge in [-0.15, -0.1) is 0 Å². The highest BCUT2D eigenvalue weighted by Crippen LogP contribution is 2.26. The SMILES string of the molecule is Oc1ccc(C(I)CI)cc1. The van der Waals surface area contributed by atoms with E-state index in [0.29, 0.717) is 9.67 Å². The molecule has 0 fully saturated rings. The minimum absolute atomic E-state index is 0.339. The molecule has 0 aliphatic rings. The van der Waals surface area contributed by atoms with E-state index in [0.717, 1.165) is 4.43 Å². The molecule has 0 aromatic heterocycles. The molecule has 0 heterocycles. The number of phenolic OH excluding ortho intramolecular Hbond substituents is 1. The molecule has 0 aliphatic carbocycles. The highest BCUT2D eigenvalue weighted by atomic mass is 127. The molecule has 0 saturated heterocycles. The largest absolute Gasteiger partial charge is 0.508 e. The molecule has 1 aromatic carbocycles. The lowest BCUT2D eigenvalue weighted by Crippen LogP contribution is -1.88. The Bertz CT molecular complexity index is 220.